The van der Waals surface area contributed by atoms with Crippen molar-refractivity contribution in [3.63, 3.8) is 0 Å². The fourth-order valence-electron chi connectivity index (χ4n) is 0.875. The molecule has 8 heteroatoms. The highest BCUT2D eigenvalue weighted by Crippen LogP contribution is 2.08. The van der Waals surface area contributed by atoms with Gasteiger partial charge < -0.3 is 10.5 Å². The van der Waals surface area contributed by atoms with Gasteiger partial charge >= 0.3 is 5.97 Å². The summed E-state index contributed by atoms with van der Waals surface area (Å²) in [5.74, 6) is -1.50. The number of carbonyl (C=O) groups excluding carboxylic acids is 1. The largest absolute Gasteiger partial charge is 0.468 e. The summed E-state index contributed by atoms with van der Waals surface area (Å²) in [6.07, 6.45) is 1.30. The van der Waals surface area contributed by atoms with Crippen molar-refractivity contribution in [1.29, 1.82) is 0 Å². The predicted molar refractivity (Wildman–Crippen MR) is 58.1 cm³/mol. The zero-order valence-corrected chi connectivity index (χ0v) is 9.32. The maximum Gasteiger partial charge on any atom is 0.322 e. The first-order chi connectivity index (χ1) is 7.43. The van der Waals surface area contributed by atoms with Crippen molar-refractivity contribution < 1.29 is 17.9 Å². The van der Waals surface area contributed by atoms with Crippen LogP contribution in [0.1, 0.15) is 0 Å². The first kappa shape index (κ1) is 12.2. The number of nitrogen functional groups attached to an aromatic ring is 1. The predicted octanol–water partition coefficient (Wildman–Crippen LogP) is -0.422. The molecule has 0 amide bonds. The quantitative estimate of drug-likeness (QED) is 0.697. The van der Waals surface area contributed by atoms with Crippen molar-refractivity contribution in [3.8, 4) is 0 Å². The van der Waals surface area contributed by atoms with Crippen LogP contribution in [0.15, 0.2) is 18.3 Å². The van der Waals surface area contributed by atoms with Gasteiger partial charge in [0.2, 0.25) is 10.0 Å². The van der Waals surface area contributed by atoms with Gasteiger partial charge in [0.05, 0.1) is 19.0 Å². The average molecular weight is 245 g/mol. The Labute approximate surface area is 92.7 Å². The van der Waals surface area contributed by atoms with Crippen LogP contribution in [-0.4, -0.2) is 32.2 Å². The van der Waals surface area contributed by atoms with Crippen molar-refractivity contribution in [2.24, 2.45) is 0 Å². The lowest BCUT2D eigenvalue weighted by Gasteiger charge is -2.05. The number of aromatic nitrogens is 1. The highest BCUT2D eigenvalue weighted by Gasteiger charge is 2.17. The highest BCUT2D eigenvalue weighted by atomic mass is 32.2. The maximum atomic E-state index is 11.4. The Morgan fingerprint density at radius 1 is 1.56 bits per heavy atom. The molecule has 0 aliphatic rings. The second-order valence-electron chi connectivity index (χ2n) is 2.91. The van der Waals surface area contributed by atoms with E-state index in [9.17, 15) is 13.2 Å². The van der Waals surface area contributed by atoms with Crippen LogP contribution in [0.4, 0.5) is 11.5 Å². The third-order valence-electron chi connectivity index (χ3n) is 1.58. The first-order valence-electron chi connectivity index (χ1n) is 4.22. The zero-order chi connectivity index (χ0) is 12.2. The number of anilines is 2. The van der Waals surface area contributed by atoms with Gasteiger partial charge in [0.25, 0.3) is 0 Å². The first-order valence-corrected chi connectivity index (χ1v) is 5.87. The minimum absolute atomic E-state index is 0.0955. The smallest absolute Gasteiger partial charge is 0.322 e. The zero-order valence-electron chi connectivity index (χ0n) is 8.50. The van der Waals surface area contributed by atoms with E-state index in [2.05, 4.69) is 14.4 Å². The molecule has 0 bridgehead atoms. The lowest BCUT2D eigenvalue weighted by Crippen LogP contribution is -2.24. The molecule has 0 atom stereocenters. The number of hydrogen-bond acceptors (Lipinski definition) is 6. The summed E-state index contributed by atoms with van der Waals surface area (Å²) in [6, 6.07) is 2.88. The van der Waals surface area contributed by atoms with Gasteiger partial charge in [0.1, 0.15) is 5.82 Å². The standard InChI is InChI=1S/C8H11N3O4S/c1-15-8(12)5-16(13,14)11-7-3-2-6(9)4-10-7/h2-4H,5,9H2,1H3,(H,10,11). The Morgan fingerprint density at radius 3 is 2.75 bits per heavy atom. The van der Waals surface area contributed by atoms with Gasteiger partial charge in [-0.25, -0.2) is 13.4 Å². The summed E-state index contributed by atoms with van der Waals surface area (Å²) in [5, 5.41) is 0. The summed E-state index contributed by atoms with van der Waals surface area (Å²) < 4.78 is 29.1. The number of sulfonamides is 1. The van der Waals surface area contributed by atoms with E-state index in [4.69, 9.17) is 5.73 Å². The number of nitrogens with one attached hydrogen (secondary N) is 1. The molecule has 0 spiro atoms. The van der Waals surface area contributed by atoms with Gasteiger partial charge in [0.15, 0.2) is 5.75 Å². The number of rotatable bonds is 4. The molecule has 1 rings (SSSR count). The number of pyridine rings is 1. The third kappa shape index (κ3) is 3.73. The molecule has 0 aromatic carbocycles. The summed E-state index contributed by atoms with van der Waals surface area (Å²) in [6.45, 7) is 0. The molecule has 0 radical (unpaired) electrons. The number of carbonyl (C=O) groups is 1. The van der Waals surface area contributed by atoms with Gasteiger partial charge in [0, 0.05) is 0 Å². The van der Waals surface area contributed by atoms with Gasteiger partial charge in [-0.15, -0.1) is 0 Å². The third-order valence-corrected chi connectivity index (χ3v) is 2.72. The second kappa shape index (κ2) is 4.79. The van der Waals surface area contributed by atoms with E-state index in [0.717, 1.165) is 7.11 Å². The van der Waals surface area contributed by atoms with Crippen LogP contribution in [0.25, 0.3) is 0 Å². The fraction of sp³-hybridized carbons (Fsp3) is 0.250. The van der Waals surface area contributed by atoms with Crippen LogP contribution >= 0.6 is 0 Å². The molecule has 0 aliphatic heterocycles. The number of ether oxygens (including phenoxy) is 1. The van der Waals surface area contributed by atoms with Crippen LogP contribution in [-0.2, 0) is 19.6 Å². The molecule has 0 saturated heterocycles. The number of nitrogens with two attached hydrogens (primary N) is 1. The molecule has 88 valence electrons. The van der Waals surface area contributed by atoms with Crippen molar-refractivity contribution in [3.05, 3.63) is 18.3 Å². The fourth-order valence-corrected chi connectivity index (χ4v) is 1.81. The van der Waals surface area contributed by atoms with Gasteiger partial charge in [-0.1, -0.05) is 0 Å². The van der Waals surface area contributed by atoms with E-state index in [-0.39, 0.29) is 5.82 Å². The van der Waals surface area contributed by atoms with Crippen molar-refractivity contribution in [2.75, 3.05) is 23.3 Å². The molecule has 0 aliphatic carbocycles. The Morgan fingerprint density at radius 2 is 2.25 bits per heavy atom. The molecular weight excluding hydrogens is 234 g/mol. The molecule has 1 aromatic rings. The molecule has 16 heavy (non-hydrogen) atoms. The van der Waals surface area contributed by atoms with E-state index >= 15 is 0 Å². The van der Waals surface area contributed by atoms with Crippen molar-refractivity contribution >= 4 is 27.5 Å². The molecule has 1 heterocycles. The number of hydrogen-bond donors (Lipinski definition) is 2. The normalized spacial score (nSPS) is 10.8. The van der Waals surface area contributed by atoms with Gasteiger partial charge in [-0.2, -0.15) is 0 Å². The Hall–Kier alpha value is -1.83. The average Bonchev–Trinajstić information content (AvgIpc) is 2.20. The lowest BCUT2D eigenvalue weighted by molar-refractivity contribution is -0.137. The van der Waals surface area contributed by atoms with Crippen LogP contribution in [0.3, 0.4) is 0 Å². The molecule has 0 fully saturated rings. The highest BCUT2D eigenvalue weighted by molar-refractivity contribution is 7.93. The Balaban J connectivity index is 2.73. The van der Waals surface area contributed by atoms with E-state index in [1.807, 2.05) is 0 Å². The summed E-state index contributed by atoms with van der Waals surface area (Å²) in [5.41, 5.74) is 5.79. The van der Waals surface area contributed by atoms with E-state index in [1.54, 1.807) is 0 Å². The summed E-state index contributed by atoms with van der Waals surface area (Å²) in [7, 11) is -2.68. The number of methoxy groups -OCH3 is 1. The molecule has 0 unspecified atom stereocenters. The van der Waals surface area contributed by atoms with Gasteiger partial charge in [-0.05, 0) is 12.1 Å². The van der Waals surface area contributed by atoms with Crippen LogP contribution < -0.4 is 10.5 Å². The summed E-state index contributed by atoms with van der Waals surface area (Å²) in [4.78, 5) is 14.5. The molecular formula is C8H11N3O4S. The van der Waals surface area contributed by atoms with E-state index < -0.39 is 21.7 Å². The topological polar surface area (TPSA) is 111 Å². The Kier molecular flexibility index (Phi) is 3.67. The lowest BCUT2D eigenvalue weighted by atomic mass is 10.4. The Bertz CT molecular complexity index is 469. The second-order valence-corrected chi connectivity index (χ2v) is 4.64. The van der Waals surface area contributed by atoms with Gasteiger partial charge in [-0.3, -0.25) is 9.52 Å². The van der Waals surface area contributed by atoms with Crippen LogP contribution in [0.5, 0.6) is 0 Å². The van der Waals surface area contributed by atoms with Crippen LogP contribution in [0, 0.1) is 0 Å². The van der Waals surface area contributed by atoms with E-state index in [0.29, 0.717) is 5.69 Å². The monoisotopic (exact) mass is 245 g/mol. The van der Waals surface area contributed by atoms with Crippen molar-refractivity contribution in [2.45, 2.75) is 0 Å². The molecule has 0 saturated carbocycles. The molecule has 1 aromatic heterocycles. The minimum Gasteiger partial charge on any atom is -0.468 e. The number of esters is 1. The van der Waals surface area contributed by atoms with Crippen molar-refractivity contribution in [1.82, 2.24) is 4.98 Å². The SMILES string of the molecule is COC(=O)CS(=O)(=O)Nc1ccc(N)cn1. The van der Waals surface area contributed by atoms with E-state index in [1.165, 1.54) is 18.3 Å². The minimum atomic E-state index is -3.79. The maximum absolute atomic E-state index is 11.4. The molecule has 7 nitrogen and oxygen atoms in total. The van der Waals surface area contributed by atoms with Crippen LogP contribution in [0.2, 0.25) is 0 Å². The number of nitrogens with zero attached hydrogens (tertiary/aromatic N) is 1. The summed E-state index contributed by atoms with van der Waals surface area (Å²) >= 11 is 0. The molecule has 3 N–H and O–H groups in total.